The maximum Gasteiger partial charge on any atom is 0.264 e. The maximum absolute atomic E-state index is 12.7. The summed E-state index contributed by atoms with van der Waals surface area (Å²) in [5.41, 5.74) is 2.05. The number of amides is 1. The summed E-state index contributed by atoms with van der Waals surface area (Å²) >= 11 is 1.56. The number of aryl methyl sites for hydroxylation is 2. The molecule has 0 atom stereocenters. The van der Waals surface area contributed by atoms with Crippen molar-refractivity contribution in [1.29, 1.82) is 0 Å². The Morgan fingerprint density at radius 3 is 2.65 bits per heavy atom. The first-order valence-electron chi connectivity index (χ1n) is 7.70. The zero-order valence-corrected chi connectivity index (χ0v) is 15.0. The van der Waals surface area contributed by atoms with Gasteiger partial charge in [-0.15, -0.1) is 11.3 Å². The van der Waals surface area contributed by atoms with Gasteiger partial charge >= 0.3 is 0 Å². The van der Waals surface area contributed by atoms with E-state index in [0.717, 1.165) is 26.2 Å². The van der Waals surface area contributed by atoms with Crippen molar-refractivity contribution in [3.05, 3.63) is 40.8 Å². The van der Waals surface area contributed by atoms with Gasteiger partial charge < -0.3 is 9.47 Å². The second-order valence-electron chi connectivity index (χ2n) is 6.30. The summed E-state index contributed by atoms with van der Waals surface area (Å²) < 4.78 is 5.12. The highest BCUT2D eigenvalue weighted by atomic mass is 32.1. The molecule has 5 nitrogen and oxygen atoms in total. The van der Waals surface area contributed by atoms with Gasteiger partial charge in [-0.25, -0.2) is 0 Å². The Bertz CT molecular complexity index is 824. The Kier molecular flexibility index (Phi) is 4.02. The van der Waals surface area contributed by atoms with Crippen molar-refractivity contribution in [2.24, 2.45) is 7.05 Å². The first-order valence-corrected chi connectivity index (χ1v) is 8.52. The minimum atomic E-state index is 0.0607. The van der Waals surface area contributed by atoms with Gasteiger partial charge in [0.2, 0.25) is 0 Å². The number of thiophene rings is 1. The van der Waals surface area contributed by atoms with E-state index in [1.807, 2.05) is 33.3 Å². The van der Waals surface area contributed by atoms with Gasteiger partial charge in [0.15, 0.2) is 0 Å². The van der Waals surface area contributed by atoms with Gasteiger partial charge in [-0.3, -0.25) is 9.48 Å². The summed E-state index contributed by atoms with van der Waals surface area (Å²) in [7, 11) is 3.74. The van der Waals surface area contributed by atoms with Crippen LogP contribution in [0.3, 0.4) is 0 Å². The largest absolute Gasteiger partial charge is 0.350 e. The first-order chi connectivity index (χ1) is 10.8. The molecule has 23 heavy (non-hydrogen) atoms. The van der Waals surface area contributed by atoms with Crippen molar-refractivity contribution in [3.8, 4) is 0 Å². The van der Waals surface area contributed by atoms with Crippen LogP contribution in [-0.4, -0.2) is 32.2 Å². The summed E-state index contributed by atoms with van der Waals surface area (Å²) in [6, 6.07) is 2.43. The molecule has 0 saturated carbocycles. The molecular weight excluding hydrogens is 308 g/mol. The zero-order valence-electron chi connectivity index (χ0n) is 14.2. The SMILES string of the molecule is Cc1nn(C)cc1CN(C)C(=O)c1cc2cn(C(C)C)cc2s1. The molecule has 0 aliphatic carbocycles. The molecule has 3 heterocycles. The van der Waals surface area contributed by atoms with E-state index in [2.05, 4.69) is 35.9 Å². The molecule has 3 rings (SSSR count). The lowest BCUT2D eigenvalue weighted by Gasteiger charge is -2.15. The number of carbonyl (C=O) groups excluding carboxylic acids is 1. The Hall–Kier alpha value is -2.08. The average molecular weight is 330 g/mol. The number of rotatable bonds is 4. The van der Waals surface area contributed by atoms with Crippen LogP contribution in [0.1, 0.15) is 40.8 Å². The van der Waals surface area contributed by atoms with E-state index in [9.17, 15) is 4.79 Å². The minimum absolute atomic E-state index is 0.0607. The maximum atomic E-state index is 12.7. The summed E-state index contributed by atoms with van der Waals surface area (Å²) in [6.45, 7) is 6.85. The van der Waals surface area contributed by atoms with E-state index in [0.29, 0.717) is 12.6 Å². The lowest BCUT2D eigenvalue weighted by molar-refractivity contribution is 0.0790. The molecule has 0 unspecified atom stereocenters. The Morgan fingerprint density at radius 1 is 1.35 bits per heavy atom. The van der Waals surface area contributed by atoms with Crippen LogP contribution in [0.15, 0.2) is 24.7 Å². The number of hydrogen-bond acceptors (Lipinski definition) is 3. The molecular formula is C17H22N4OS. The summed E-state index contributed by atoms with van der Waals surface area (Å²) in [5, 5.41) is 5.46. The fourth-order valence-corrected chi connectivity index (χ4v) is 3.75. The van der Waals surface area contributed by atoms with Gasteiger partial charge in [-0.05, 0) is 26.8 Å². The van der Waals surface area contributed by atoms with E-state index in [4.69, 9.17) is 0 Å². The average Bonchev–Trinajstić information content (AvgIpc) is 3.11. The highest BCUT2D eigenvalue weighted by molar-refractivity contribution is 7.20. The molecule has 0 saturated heterocycles. The van der Waals surface area contributed by atoms with Crippen LogP contribution in [0.2, 0.25) is 0 Å². The molecule has 0 aliphatic rings. The molecule has 0 aliphatic heterocycles. The molecule has 0 spiro atoms. The van der Waals surface area contributed by atoms with Crippen molar-refractivity contribution in [3.63, 3.8) is 0 Å². The standard InChI is InChI=1S/C17H22N4OS/c1-11(2)21-9-13-6-15(23-16(13)10-21)17(22)19(4)7-14-8-20(5)18-12(14)3/h6,8-11H,7H2,1-5H3. The fraction of sp³-hybridized carbons (Fsp3) is 0.412. The fourth-order valence-electron chi connectivity index (χ4n) is 2.68. The number of aromatic nitrogens is 3. The third-order valence-corrected chi connectivity index (χ3v) is 5.10. The van der Waals surface area contributed by atoms with Crippen molar-refractivity contribution in [1.82, 2.24) is 19.2 Å². The topological polar surface area (TPSA) is 43.1 Å². The lowest BCUT2D eigenvalue weighted by atomic mass is 10.2. The number of carbonyl (C=O) groups is 1. The second-order valence-corrected chi connectivity index (χ2v) is 7.39. The van der Waals surface area contributed by atoms with Gasteiger partial charge in [-0.2, -0.15) is 5.10 Å². The lowest BCUT2D eigenvalue weighted by Crippen LogP contribution is -2.25. The highest BCUT2D eigenvalue weighted by Gasteiger charge is 2.17. The predicted molar refractivity (Wildman–Crippen MR) is 93.9 cm³/mol. The number of nitrogens with zero attached hydrogens (tertiary/aromatic N) is 4. The quantitative estimate of drug-likeness (QED) is 0.733. The first kappa shape index (κ1) is 15.8. The van der Waals surface area contributed by atoms with Gasteiger partial charge in [-0.1, -0.05) is 0 Å². The zero-order chi connectivity index (χ0) is 16.7. The Balaban J connectivity index is 1.79. The molecule has 0 fully saturated rings. The van der Waals surface area contributed by atoms with Crippen molar-refractivity contribution >= 4 is 27.3 Å². The third kappa shape index (κ3) is 3.03. The van der Waals surface area contributed by atoms with E-state index in [-0.39, 0.29) is 5.91 Å². The Morgan fingerprint density at radius 2 is 2.09 bits per heavy atom. The smallest absolute Gasteiger partial charge is 0.264 e. The van der Waals surface area contributed by atoms with Gasteiger partial charge in [0.25, 0.3) is 5.91 Å². The summed E-state index contributed by atoms with van der Waals surface area (Å²) in [5.74, 6) is 0.0607. The molecule has 0 radical (unpaired) electrons. The molecule has 0 aromatic carbocycles. The van der Waals surface area contributed by atoms with Crippen LogP contribution >= 0.6 is 11.3 Å². The van der Waals surface area contributed by atoms with E-state index >= 15 is 0 Å². The molecule has 0 bridgehead atoms. The van der Waals surface area contributed by atoms with Crippen LogP contribution in [0.5, 0.6) is 0 Å². The van der Waals surface area contributed by atoms with Gasteiger partial charge in [0, 0.05) is 56.2 Å². The van der Waals surface area contributed by atoms with Gasteiger partial charge in [0.05, 0.1) is 15.3 Å². The number of fused-ring (bicyclic) bond motifs is 1. The van der Waals surface area contributed by atoms with Crippen LogP contribution in [0, 0.1) is 6.92 Å². The minimum Gasteiger partial charge on any atom is -0.350 e. The molecule has 0 N–H and O–H groups in total. The van der Waals surface area contributed by atoms with Crippen molar-refractivity contribution in [2.45, 2.75) is 33.4 Å². The van der Waals surface area contributed by atoms with Gasteiger partial charge in [0.1, 0.15) is 0 Å². The van der Waals surface area contributed by atoms with Crippen LogP contribution in [-0.2, 0) is 13.6 Å². The van der Waals surface area contributed by atoms with Crippen LogP contribution < -0.4 is 0 Å². The summed E-state index contributed by atoms with van der Waals surface area (Å²) in [4.78, 5) is 15.2. The predicted octanol–water partition coefficient (Wildman–Crippen LogP) is 3.60. The van der Waals surface area contributed by atoms with E-state index in [1.165, 1.54) is 0 Å². The normalized spacial score (nSPS) is 11.6. The second kappa shape index (κ2) is 5.85. The Labute approximate surface area is 140 Å². The molecule has 1 amide bonds. The van der Waals surface area contributed by atoms with Crippen LogP contribution in [0.4, 0.5) is 0 Å². The summed E-state index contributed by atoms with van der Waals surface area (Å²) in [6.07, 6.45) is 6.20. The number of hydrogen-bond donors (Lipinski definition) is 0. The molecule has 6 heteroatoms. The van der Waals surface area contributed by atoms with Crippen molar-refractivity contribution < 1.29 is 4.79 Å². The monoisotopic (exact) mass is 330 g/mol. The van der Waals surface area contributed by atoms with E-state index in [1.54, 1.807) is 20.9 Å². The highest BCUT2D eigenvalue weighted by Crippen LogP contribution is 2.29. The van der Waals surface area contributed by atoms with E-state index < -0.39 is 0 Å². The molecule has 3 aromatic rings. The molecule has 3 aromatic heterocycles. The molecule has 122 valence electrons. The van der Waals surface area contributed by atoms with Crippen molar-refractivity contribution in [2.75, 3.05) is 7.05 Å². The van der Waals surface area contributed by atoms with Crippen LogP contribution in [0.25, 0.3) is 10.1 Å². The third-order valence-electron chi connectivity index (χ3n) is 4.02.